The summed E-state index contributed by atoms with van der Waals surface area (Å²) in [6.45, 7) is 4.64. The molecule has 2 rings (SSSR count). The minimum Gasteiger partial charge on any atom is -0.490 e. The third-order valence-electron chi connectivity index (χ3n) is 2.63. The molecule has 2 N–H and O–H groups in total. The summed E-state index contributed by atoms with van der Waals surface area (Å²) in [5, 5.41) is 1.05. The topological polar surface area (TPSA) is 48.4 Å². The molecule has 0 spiro atoms. The molecule has 0 radical (unpaired) electrons. The number of hydrogen-bond donors (Lipinski definition) is 1. The molecule has 16 heavy (non-hydrogen) atoms. The van der Waals surface area contributed by atoms with Gasteiger partial charge in [-0.3, -0.25) is 0 Å². The second kappa shape index (κ2) is 4.58. The summed E-state index contributed by atoms with van der Waals surface area (Å²) in [5.41, 5.74) is 6.74. The maximum absolute atomic E-state index is 5.95. The molecule has 0 saturated carbocycles. The molecule has 1 heterocycles. The van der Waals surface area contributed by atoms with E-state index in [0.29, 0.717) is 6.61 Å². The lowest BCUT2D eigenvalue weighted by Gasteiger charge is -2.04. The molecular formula is C13H17NO2. The molecule has 0 aliphatic rings. The van der Waals surface area contributed by atoms with Gasteiger partial charge in [0.15, 0.2) is 11.3 Å². The van der Waals surface area contributed by atoms with Crippen LogP contribution in [0.25, 0.3) is 11.0 Å². The molecular weight excluding hydrogens is 202 g/mol. The molecule has 0 aliphatic carbocycles. The van der Waals surface area contributed by atoms with Crippen LogP contribution in [0.1, 0.15) is 32.1 Å². The Hall–Kier alpha value is -1.48. The fourth-order valence-corrected chi connectivity index (χ4v) is 1.71. The first kappa shape index (κ1) is 11.0. The van der Waals surface area contributed by atoms with Crippen molar-refractivity contribution in [3.63, 3.8) is 0 Å². The maximum Gasteiger partial charge on any atom is 0.176 e. The van der Waals surface area contributed by atoms with Gasteiger partial charge in [-0.25, -0.2) is 0 Å². The fraction of sp³-hybridized carbons (Fsp3) is 0.385. The Kier molecular flexibility index (Phi) is 3.15. The fourth-order valence-electron chi connectivity index (χ4n) is 1.71. The van der Waals surface area contributed by atoms with Crippen molar-refractivity contribution < 1.29 is 9.15 Å². The Morgan fingerprint density at radius 1 is 1.38 bits per heavy atom. The lowest BCUT2D eigenvalue weighted by atomic mass is 10.1. The van der Waals surface area contributed by atoms with E-state index < -0.39 is 0 Å². The number of furan rings is 1. The van der Waals surface area contributed by atoms with E-state index in [4.69, 9.17) is 14.9 Å². The minimum atomic E-state index is -0.0399. The average molecular weight is 219 g/mol. The Bertz CT molecular complexity index is 476. The van der Waals surface area contributed by atoms with Gasteiger partial charge >= 0.3 is 0 Å². The minimum absolute atomic E-state index is 0.0399. The molecule has 0 amide bonds. The quantitative estimate of drug-likeness (QED) is 0.858. The van der Waals surface area contributed by atoms with Gasteiger partial charge in [-0.2, -0.15) is 0 Å². The largest absolute Gasteiger partial charge is 0.490 e. The summed E-state index contributed by atoms with van der Waals surface area (Å²) < 4.78 is 11.3. The van der Waals surface area contributed by atoms with E-state index in [1.807, 2.05) is 38.1 Å². The normalized spacial score (nSPS) is 12.9. The highest BCUT2D eigenvalue weighted by atomic mass is 16.5. The van der Waals surface area contributed by atoms with Gasteiger partial charge in [-0.1, -0.05) is 19.1 Å². The predicted octanol–water partition coefficient (Wildman–Crippen LogP) is 3.24. The van der Waals surface area contributed by atoms with E-state index in [0.717, 1.165) is 28.9 Å². The molecule has 0 aliphatic heterocycles. The van der Waals surface area contributed by atoms with Crippen LogP contribution in [-0.2, 0) is 0 Å². The number of ether oxygens (including phenoxy) is 1. The third kappa shape index (κ3) is 1.91. The third-order valence-corrected chi connectivity index (χ3v) is 2.63. The van der Waals surface area contributed by atoms with Gasteiger partial charge in [0.1, 0.15) is 5.76 Å². The van der Waals surface area contributed by atoms with Crippen LogP contribution in [0.5, 0.6) is 5.75 Å². The van der Waals surface area contributed by atoms with E-state index in [2.05, 4.69) is 0 Å². The molecule has 1 aromatic heterocycles. The SMILES string of the molecule is CCOc1cccc2cc(C(N)CC)oc12. The monoisotopic (exact) mass is 219 g/mol. The van der Waals surface area contributed by atoms with E-state index in [1.165, 1.54) is 0 Å². The molecule has 3 nitrogen and oxygen atoms in total. The summed E-state index contributed by atoms with van der Waals surface area (Å²) in [7, 11) is 0. The van der Waals surface area contributed by atoms with E-state index >= 15 is 0 Å². The number of nitrogens with two attached hydrogens (primary N) is 1. The predicted molar refractivity (Wildman–Crippen MR) is 64.6 cm³/mol. The summed E-state index contributed by atoms with van der Waals surface area (Å²) in [5.74, 6) is 1.61. The van der Waals surface area contributed by atoms with Crippen molar-refractivity contribution in [2.24, 2.45) is 5.73 Å². The maximum atomic E-state index is 5.95. The van der Waals surface area contributed by atoms with Crippen LogP contribution < -0.4 is 10.5 Å². The zero-order chi connectivity index (χ0) is 11.5. The van der Waals surface area contributed by atoms with Gasteiger partial charge in [0, 0.05) is 5.39 Å². The van der Waals surface area contributed by atoms with Crippen LogP contribution in [-0.4, -0.2) is 6.61 Å². The Labute approximate surface area is 95.2 Å². The average Bonchev–Trinajstić information content (AvgIpc) is 2.73. The second-order valence-electron chi connectivity index (χ2n) is 3.77. The van der Waals surface area contributed by atoms with Crippen molar-refractivity contribution in [1.29, 1.82) is 0 Å². The number of hydrogen-bond acceptors (Lipinski definition) is 3. The first-order valence-corrected chi connectivity index (χ1v) is 5.67. The van der Waals surface area contributed by atoms with Crippen molar-refractivity contribution in [3.8, 4) is 5.75 Å². The summed E-state index contributed by atoms with van der Waals surface area (Å²) in [6, 6.07) is 7.84. The molecule has 86 valence electrons. The van der Waals surface area contributed by atoms with E-state index in [-0.39, 0.29) is 6.04 Å². The van der Waals surface area contributed by atoms with Gasteiger partial charge in [0.05, 0.1) is 12.6 Å². The first-order chi connectivity index (χ1) is 7.76. The van der Waals surface area contributed by atoms with Crippen LogP contribution >= 0.6 is 0 Å². The van der Waals surface area contributed by atoms with Crippen LogP contribution in [0.15, 0.2) is 28.7 Å². The highest BCUT2D eigenvalue weighted by molar-refractivity contribution is 5.83. The number of rotatable bonds is 4. The Balaban J connectivity index is 2.48. The zero-order valence-corrected chi connectivity index (χ0v) is 9.69. The summed E-state index contributed by atoms with van der Waals surface area (Å²) in [6.07, 6.45) is 0.865. The summed E-state index contributed by atoms with van der Waals surface area (Å²) in [4.78, 5) is 0. The molecule has 1 unspecified atom stereocenters. The molecule has 1 aromatic carbocycles. The van der Waals surface area contributed by atoms with E-state index in [1.54, 1.807) is 0 Å². The van der Waals surface area contributed by atoms with Crippen molar-refractivity contribution in [2.45, 2.75) is 26.3 Å². The molecule has 0 saturated heterocycles. The molecule has 2 aromatic rings. The van der Waals surface area contributed by atoms with Gasteiger partial charge in [-0.05, 0) is 25.5 Å². The smallest absolute Gasteiger partial charge is 0.176 e. The molecule has 0 fully saturated rings. The highest BCUT2D eigenvalue weighted by Gasteiger charge is 2.12. The van der Waals surface area contributed by atoms with E-state index in [9.17, 15) is 0 Å². The molecule has 1 atom stereocenters. The van der Waals surface area contributed by atoms with Crippen molar-refractivity contribution in [3.05, 3.63) is 30.0 Å². The lowest BCUT2D eigenvalue weighted by Crippen LogP contribution is -2.06. The van der Waals surface area contributed by atoms with Crippen molar-refractivity contribution in [2.75, 3.05) is 6.61 Å². The second-order valence-corrected chi connectivity index (χ2v) is 3.77. The molecule has 0 bridgehead atoms. The Morgan fingerprint density at radius 3 is 2.88 bits per heavy atom. The number of fused-ring (bicyclic) bond motifs is 1. The number of benzene rings is 1. The van der Waals surface area contributed by atoms with Gasteiger partial charge in [0.2, 0.25) is 0 Å². The van der Waals surface area contributed by atoms with Crippen LogP contribution in [0, 0.1) is 0 Å². The van der Waals surface area contributed by atoms with Crippen molar-refractivity contribution >= 4 is 11.0 Å². The van der Waals surface area contributed by atoms with Crippen LogP contribution in [0.2, 0.25) is 0 Å². The first-order valence-electron chi connectivity index (χ1n) is 5.67. The Morgan fingerprint density at radius 2 is 2.19 bits per heavy atom. The van der Waals surface area contributed by atoms with Crippen LogP contribution in [0.4, 0.5) is 0 Å². The van der Waals surface area contributed by atoms with Crippen LogP contribution in [0.3, 0.4) is 0 Å². The molecule has 3 heteroatoms. The lowest BCUT2D eigenvalue weighted by molar-refractivity contribution is 0.336. The zero-order valence-electron chi connectivity index (χ0n) is 9.69. The van der Waals surface area contributed by atoms with Gasteiger partial charge < -0.3 is 14.9 Å². The summed E-state index contributed by atoms with van der Waals surface area (Å²) >= 11 is 0. The van der Waals surface area contributed by atoms with Crippen molar-refractivity contribution in [1.82, 2.24) is 0 Å². The standard InChI is InChI=1S/C13H17NO2/c1-3-10(14)12-8-9-6-5-7-11(15-4-2)13(9)16-12/h5-8,10H,3-4,14H2,1-2H3. The van der Waals surface area contributed by atoms with Gasteiger partial charge in [-0.15, -0.1) is 0 Å². The van der Waals surface area contributed by atoms with Gasteiger partial charge in [0.25, 0.3) is 0 Å². The number of para-hydroxylation sites is 1. The highest BCUT2D eigenvalue weighted by Crippen LogP contribution is 2.31.